The molecule has 5 rings (SSSR count). The molecule has 0 radical (unpaired) electrons. The normalized spacial score (nSPS) is 19.9. The van der Waals surface area contributed by atoms with E-state index in [1.165, 1.54) is 0 Å². The Labute approximate surface area is 193 Å². The second-order valence-electron chi connectivity index (χ2n) is 8.68. The first-order valence-corrected chi connectivity index (χ1v) is 12.6. The molecule has 1 N–H and O–H groups in total. The number of morpholine rings is 1. The first kappa shape index (κ1) is 21.8. The zero-order valence-electron chi connectivity index (χ0n) is 18.7. The highest BCUT2D eigenvalue weighted by Gasteiger charge is 2.39. The molecule has 9 heteroatoms. The van der Waals surface area contributed by atoms with Crippen LogP contribution in [0.5, 0.6) is 0 Å². The predicted octanol–water partition coefficient (Wildman–Crippen LogP) is 2.52. The lowest BCUT2D eigenvalue weighted by atomic mass is 10.0. The standard InChI is InChI=1S/C24H26N4O4S/c1-26(2)15-17-6-5-7-18(14-17)28-23-19-8-3-4-9-21(19)33(30,31)16-20(23)22(25-28)24(29)27-10-12-32-13-11-27/h3-9,14H,10-13,15-16H2,1-2H3/p+1. The molecule has 2 aliphatic heterocycles. The molecule has 0 spiro atoms. The molecule has 1 fully saturated rings. The van der Waals surface area contributed by atoms with Gasteiger partial charge in [0.1, 0.15) is 10.6 Å². The zero-order valence-corrected chi connectivity index (χ0v) is 19.5. The number of amides is 1. The highest BCUT2D eigenvalue weighted by atomic mass is 32.2. The topological polar surface area (TPSA) is 89.1 Å². The van der Waals surface area contributed by atoms with Crippen molar-refractivity contribution in [2.24, 2.45) is 0 Å². The van der Waals surface area contributed by atoms with Gasteiger partial charge < -0.3 is 14.5 Å². The van der Waals surface area contributed by atoms with Crippen molar-refractivity contribution in [2.75, 3.05) is 40.4 Å². The van der Waals surface area contributed by atoms with E-state index in [9.17, 15) is 13.2 Å². The lowest BCUT2D eigenvalue weighted by molar-refractivity contribution is 0.0298. The summed E-state index contributed by atoms with van der Waals surface area (Å²) in [5.74, 6) is -0.366. The summed E-state index contributed by atoms with van der Waals surface area (Å²) < 4.78 is 31.2. The quantitative estimate of drug-likeness (QED) is 0.550. The maximum Gasteiger partial charge on any atom is 0.307 e. The largest absolute Gasteiger partial charge is 0.378 e. The number of nitrogens with zero attached hydrogens (tertiary/aromatic N) is 4. The third kappa shape index (κ3) is 3.96. The van der Waals surface area contributed by atoms with E-state index in [1.54, 1.807) is 21.7 Å². The van der Waals surface area contributed by atoms with Gasteiger partial charge in [-0.25, -0.2) is 8.89 Å². The number of ether oxygens (including phenoxy) is 1. The van der Waals surface area contributed by atoms with Gasteiger partial charge in [0.05, 0.1) is 24.6 Å². The molecule has 33 heavy (non-hydrogen) atoms. The van der Waals surface area contributed by atoms with Crippen molar-refractivity contribution in [1.82, 2.24) is 19.6 Å². The Bertz CT molecular complexity index is 1320. The van der Waals surface area contributed by atoms with Crippen molar-refractivity contribution >= 4 is 15.7 Å². The average molecular weight is 468 g/mol. The van der Waals surface area contributed by atoms with Gasteiger partial charge in [-0.1, -0.05) is 30.3 Å². The van der Waals surface area contributed by atoms with Crippen LogP contribution in [0.2, 0.25) is 0 Å². The molecule has 1 unspecified atom stereocenters. The zero-order chi connectivity index (χ0) is 23.2. The van der Waals surface area contributed by atoms with Crippen LogP contribution in [0.15, 0.2) is 53.4 Å². The van der Waals surface area contributed by atoms with Crippen LogP contribution in [-0.2, 0) is 26.9 Å². The Hall–Kier alpha value is -3.01. The number of carbonyl (C=O) groups excluding carboxylic acids is 1. The monoisotopic (exact) mass is 467 g/mol. The van der Waals surface area contributed by atoms with Crippen molar-refractivity contribution in [2.45, 2.75) is 17.2 Å². The van der Waals surface area contributed by atoms with Crippen LogP contribution < -0.4 is 0 Å². The van der Waals surface area contributed by atoms with Crippen molar-refractivity contribution in [3.05, 3.63) is 65.4 Å². The molecule has 0 bridgehead atoms. The first-order valence-electron chi connectivity index (χ1n) is 10.9. The van der Waals surface area contributed by atoms with Crippen LogP contribution in [0, 0.1) is 0 Å². The number of benzene rings is 2. The molecular weight excluding hydrogens is 440 g/mol. The van der Waals surface area contributed by atoms with Crippen molar-refractivity contribution in [3.8, 4) is 16.9 Å². The van der Waals surface area contributed by atoms with Gasteiger partial charge in [0, 0.05) is 30.8 Å². The summed E-state index contributed by atoms with van der Waals surface area (Å²) in [6.45, 7) is 2.66. The van der Waals surface area contributed by atoms with Gasteiger partial charge in [-0.15, -0.1) is 0 Å². The van der Waals surface area contributed by atoms with Gasteiger partial charge in [0.25, 0.3) is 5.91 Å². The van der Waals surface area contributed by atoms with Crippen molar-refractivity contribution in [1.29, 1.82) is 0 Å². The van der Waals surface area contributed by atoms with Gasteiger partial charge >= 0.3 is 9.84 Å². The minimum absolute atomic E-state index is 0.137. The van der Waals surface area contributed by atoms with Crippen LogP contribution >= 0.6 is 0 Å². The Kier molecular flexibility index (Phi) is 5.55. The highest BCUT2D eigenvalue weighted by molar-refractivity contribution is 7.91. The van der Waals surface area contributed by atoms with E-state index in [2.05, 4.69) is 4.90 Å². The van der Waals surface area contributed by atoms with Gasteiger partial charge in [-0.3, -0.25) is 4.79 Å². The van der Waals surface area contributed by atoms with E-state index in [4.69, 9.17) is 9.84 Å². The Morgan fingerprint density at radius 1 is 1.15 bits per heavy atom. The number of fused-ring (bicyclic) bond motifs is 3. The maximum absolute atomic E-state index is 13.5. The van der Waals surface area contributed by atoms with Crippen molar-refractivity contribution in [3.63, 3.8) is 0 Å². The molecule has 1 amide bonds. The molecule has 1 atom stereocenters. The Balaban J connectivity index is 1.72. The second kappa shape index (κ2) is 8.40. The lowest BCUT2D eigenvalue weighted by Gasteiger charge is -2.26. The molecular formula is C24H27N4O4S+. The van der Waals surface area contributed by atoms with Gasteiger partial charge in [0.15, 0.2) is 5.69 Å². The fourth-order valence-corrected chi connectivity index (χ4v) is 6.12. The van der Waals surface area contributed by atoms with Crippen LogP contribution in [0.4, 0.5) is 0 Å². The fourth-order valence-electron chi connectivity index (χ4n) is 4.50. The molecule has 2 aromatic carbocycles. The summed E-state index contributed by atoms with van der Waals surface area (Å²) in [6, 6.07) is 15.1. The minimum atomic E-state index is -3.34. The minimum Gasteiger partial charge on any atom is -0.378 e. The summed E-state index contributed by atoms with van der Waals surface area (Å²) in [5, 5.41) is 4.76. The third-order valence-corrected chi connectivity index (χ3v) is 7.69. The summed E-state index contributed by atoms with van der Waals surface area (Å²) in [5.41, 5.74) is 4.03. The van der Waals surface area contributed by atoms with Gasteiger partial charge in [-0.2, -0.15) is 9.31 Å². The van der Waals surface area contributed by atoms with Gasteiger partial charge in [0.2, 0.25) is 0 Å². The Morgan fingerprint density at radius 3 is 2.67 bits per heavy atom. The van der Waals surface area contributed by atoms with E-state index in [-0.39, 0.29) is 17.4 Å². The third-order valence-electron chi connectivity index (χ3n) is 5.96. The second-order valence-corrected chi connectivity index (χ2v) is 10.7. The van der Waals surface area contributed by atoms with Crippen LogP contribution in [0.1, 0.15) is 21.6 Å². The first-order chi connectivity index (χ1) is 15.8. The summed E-state index contributed by atoms with van der Waals surface area (Å²) in [6.07, 6.45) is 0. The SMILES string of the molecule is CN(C)Cc1cccc(-n2nc(C(=O)N3CCOCC3)c3c2-c2ccccc2S(=O)(=[OH+])C3)c1. The summed E-state index contributed by atoms with van der Waals surface area (Å²) >= 11 is 0. The molecule has 0 aliphatic carbocycles. The summed E-state index contributed by atoms with van der Waals surface area (Å²) in [4.78, 5) is 17.6. The molecule has 0 saturated carbocycles. The smallest absolute Gasteiger partial charge is 0.307 e. The fraction of sp³-hybridized carbons (Fsp3) is 0.333. The molecule has 3 aromatic rings. The van der Waals surface area contributed by atoms with E-state index < -0.39 is 9.84 Å². The van der Waals surface area contributed by atoms with E-state index >= 15 is 0 Å². The molecule has 172 valence electrons. The number of carbonyl (C=O) groups is 1. The van der Waals surface area contributed by atoms with Crippen LogP contribution in [0.25, 0.3) is 16.9 Å². The molecule has 1 aromatic heterocycles. The highest BCUT2D eigenvalue weighted by Crippen LogP contribution is 2.40. The lowest BCUT2D eigenvalue weighted by Crippen LogP contribution is -2.41. The number of hydrogen-bond donors (Lipinski definition) is 0. The molecule has 3 heterocycles. The van der Waals surface area contributed by atoms with E-state index in [1.807, 2.05) is 50.5 Å². The Morgan fingerprint density at radius 2 is 1.91 bits per heavy atom. The summed E-state index contributed by atoms with van der Waals surface area (Å²) in [7, 11) is 0.679. The average Bonchev–Trinajstić information content (AvgIpc) is 3.17. The predicted molar refractivity (Wildman–Crippen MR) is 125 cm³/mol. The number of aromatic nitrogens is 2. The van der Waals surface area contributed by atoms with Crippen molar-refractivity contribution < 1.29 is 17.9 Å². The maximum atomic E-state index is 13.5. The molecule has 2 aliphatic rings. The van der Waals surface area contributed by atoms with Gasteiger partial charge in [-0.05, 0) is 37.9 Å². The van der Waals surface area contributed by atoms with Crippen LogP contribution in [-0.4, -0.2) is 74.3 Å². The van der Waals surface area contributed by atoms with Crippen LogP contribution in [0.3, 0.4) is 0 Å². The molecule has 1 saturated heterocycles. The van der Waals surface area contributed by atoms with E-state index in [0.29, 0.717) is 48.0 Å². The number of rotatable bonds is 4. The number of hydrogen-bond acceptors (Lipinski definition) is 5. The van der Waals surface area contributed by atoms with E-state index in [0.717, 1.165) is 17.8 Å². The molecule has 8 nitrogen and oxygen atoms in total.